The molecule has 0 saturated heterocycles. The van der Waals surface area contributed by atoms with Gasteiger partial charge < -0.3 is 14.2 Å². The first-order valence-electron chi connectivity index (χ1n) is 28.8. The van der Waals surface area contributed by atoms with Gasteiger partial charge >= 0.3 is 11.9 Å². The van der Waals surface area contributed by atoms with Crippen LogP contribution in [0.1, 0.15) is 265 Å². The van der Waals surface area contributed by atoms with Crippen LogP contribution in [0.4, 0.5) is 0 Å². The van der Waals surface area contributed by atoms with Crippen molar-refractivity contribution in [3.05, 3.63) is 97.2 Å². The number of carbonyl (C=O) groups excluding carboxylic acids is 2. The fraction of sp³-hybridized carbons (Fsp3) is 0.714. The van der Waals surface area contributed by atoms with Crippen LogP contribution in [0.3, 0.4) is 0 Å². The van der Waals surface area contributed by atoms with Crippen LogP contribution in [0.15, 0.2) is 97.2 Å². The molecular weight excluding hydrogens is 837 g/mol. The molecule has 0 heterocycles. The minimum atomic E-state index is -0.574. The summed E-state index contributed by atoms with van der Waals surface area (Å²) < 4.78 is 17.4. The van der Waals surface area contributed by atoms with Gasteiger partial charge in [-0.3, -0.25) is 9.59 Å². The Hall–Kier alpha value is -3.18. The van der Waals surface area contributed by atoms with E-state index in [4.69, 9.17) is 14.2 Å². The summed E-state index contributed by atoms with van der Waals surface area (Å²) in [6, 6.07) is 0. The summed E-state index contributed by atoms with van der Waals surface area (Å²) >= 11 is 0. The molecule has 0 saturated carbocycles. The Labute approximate surface area is 422 Å². The fourth-order valence-corrected chi connectivity index (χ4v) is 7.86. The Morgan fingerprint density at radius 2 is 0.691 bits per heavy atom. The Balaban J connectivity index is 4.39. The first-order valence-corrected chi connectivity index (χ1v) is 28.8. The Morgan fingerprint density at radius 3 is 1.15 bits per heavy atom. The summed E-state index contributed by atoms with van der Waals surface area (Å²) in [5, 5.41) is 0. The molecule has 0 spiro atoms. The van der Waals surface area contributed by atoms with Gasteiger partial charge in [-0.15, -0.1) is 0 Å². The topological polar surface area (TPSA) is 61.8 Å². The van der Waals surface area contributed by atoms with Crippen LogP contribution in [-0.2, 0) is 23.8 Å². The van der Waals surface area contributed by atoms with Crippen molar-refractivity contribution in [2.45, 2.75) is 271 Å². The number of allylic oxidation sites excluding steroid dienone is 16. The lowest BCUT2D eigenvalue weighted by molar-refractivity contribution is -0.162. The molecule has 1 atom stereocenters. The van der Waals surface area contributed by atoms with Gasteiger partial charge in [-0.25, -0.2) is 0 Å². The first-order chi connectivity index (χ1) is 33.6. The number of hydrogen-bond acceptors (Lipinski definition) is 5. The van der Waals surface area contributed by atoms with Gasteiger partial charge in [0.1, 0.15) is 6.61 Å². The van der Waals surface area contributed by atoms with Crippen LogP contribution in [0.5, 0.6) is 0 Å². The van der Waals surface area contributed by atoms with Gasteiger partial charge in [0.2, 0.25) is 0 Å². The third kappa shape index (κ3) is 55.4. The first kappa shape index (κ1) is 64.8. The lowest BCUT2D eigenvalue weighted by atomic mass is 10.0. The Morgan fingerprint density at radius 1 is 0.338 bits per heavy atom. The quantitative estimate of drug-likeness (QED) is 0.0345. The van der Waals surface area contributed by atoms with Crippen molar-refractivity contribution in [3.63, 3.8) is 0 Å². The maximum atomic E-state index is 12.9. The Bertz CT molecular complexity index is 1300. The smallest absolute Gasteiger partial charge is 0.306 e. The van der Waals surface area contributed by atoms with E-state index >= 15 is 0 Å². The molecule has 0 N–H and O–H groups in total. The van der Waals surface area contributed by atoms with Crippen molar-refractivity contribution in [3.8, 4) is 0 Å². The largest absolute Gasteiger partial charge is 0.462 e. The van der Waals surface area contributed by atoms with Gasteiger partial charge in [0.05, 0.1) is 6.61 Å². The summed E-state index contributed by atoms with van der Waals surface area (Å²) in [5.74, 6) is -0.492. The highest BCUT2D eigenvalue weighted by atomic mass is 16.6. The van der Waals surface area contributed by atoms with Gasteiger partial charge in [-0.05, 0) is 89.9 Å². The average Bonchev–Trinajstić information content (AvgIpc) is 3.34. The zero-order chi connectivity index (χ0) is 49.2. The molecule has 0 aliphatic rings. The number of unbranched alkanes of at least 4 members (excludes halogenated alkanes) is 25. The maximum Gasteiger partial charge on any atom is 0.306 e. The van der Waals surface area contributed by atoms with Crippen molar-refractivity contribution < 1.29 is 23.8 Å². The third-order valence-corrected chi connectivity index (χ3v) is 12.1. The SMILES string of the molecule is CC/C=C\C/C=C\C/C=C\C/C=C\C/C=C\C/C=C\CCC(=O)OCC(COCCCCCCCCCC/C=C\C/C=C\CCCCC)OC(=O)CCCCCCCCCCCCCCCCC. The molecule has 1 unspecified atom stereocenters. The van der Waals surface area contributed by atoms with Crippen molar-refractivity contribution in [2.75, 3.05) is 19.8 Å². The predicted octanol–water partition coefficient (Wildman–Crippen LogP) is 19.8. The van der Waals surface area contributed by atoms with Crippen LogP contribution in [0, 0.1) is 0 Å². The van der Waals surface area contributed by atoms with Crippen molar-refractivity contribution in [1.29, 1.82) is 0 Å². The molecule has 0 aromatic heterocycles. The lowest BCUT2D eigenvalue weighted by Crippen LogP contribution is -2.30. The second-order valence-corrected chi connectivity index (χ2v) is 18.8. The van der Waals surface area contributed by atoms with Gasteiger partial charge in [0.15, 0.2) is 6.10 Å². The van der Waals surface area contributed by atoms with E-state index in [1.807, 2.05) is 6.08 Å². The van der Waals surface area contributed by atoms with Crippen molar-refractivity contribution >= 4 is 11.9 Å². The zero-order valence-corrected chi connectivity index (χ0v) is 44.8. The van der Waals surface area contributed by atoms with Crippen molar-refractivity contribution in [2.24, 2.45) is 0 Å². The number of ether oxygens (including phenoxy) is 3. The molecule has 0 fully saturated rings. The number of hydrogen-bond donors (Lipinski definition) is 0. The molecule has 0 amide bonds. The number of carbonyl (C=O) groups is 2. The van der Waals surface area contributed by atoms with Crippen LogP contribution in [-0.4, -0.2) is 37.9 Å². The lowest BCUT2D eigenvalue weighted by Gasteiger charge is -2.18. The normalized spacial score (nSPS) is 12.9. The highest BCUT2D eigenvalue weighted by Gasteiger charge is 2.17. The molecule has 5 heteroatoms. The van der Waals surface area contributed by atoms with E-state index in [1.165, 1.54) is 154 Å². The summed E-state index contributed by atoms with van der Waals surface area (Å²) in [4.78, 5) is 25.5. The monoisotopic (exact) mass is 945 g/mol. The molecule has 68 heavy (non-hydrogen) atoms. The second kappa shape index (κ2) is 58.1. The van der Waals surface area contributed by atoms with Crippen LogP contribution >= 0.6 is 0 Å². The summed E-state index contributed by atoms with van der Waals surface area (Å²) in [7, 11) is 0. The van der Waals surface area contributed by atoms with Crippen LogP contribution in [0.25, 0.3) is 0 Å². The standard InChI is InChI=1S/C63H108O5/c1-4-7-10-13-16-19-22-25-28-30-32-33-36-38-41-44-47-50-53-56-62(64)67-60-61(68-63(65)57-54-51-48-45-42-39-35-27-24-21-18-15-12-9-6-3)59-66-58-55-52-49-46-43-40-37-34-31-29-26-23-20-17-14-11-8-5-2/h7,10,16-17,19-20,25-26,28-29,32-33,38,41,47,50,61H,4-6,8-9,11-15,18,21-24,27,30-31,34-37,39-40,42-46,48-49,51-60H2,1-3H3/b10-7-,19-16-,20-17-,28-25-,29-26-,33-32-,41-38-,50-47-. The fourth-order valence-electron chi connectivity index (χ4n) is 7.86. The van der Waals surface area contributed by atoms with Crippen LogP contribution < -0.4 is 0 Å². The maximum absolute atomic E-state index is 12.9. The van der Waals surface area contributed by atoms with E-state index in [0.717, 1.165) is 70.6 Å². The minimum Gasteiger partial charge on any atom is -0.462 e. The minimum absolute atomic E-state index is 0.0408. The molecule has 0 bridgehead atoms. The predicted molar refractivity (Wildman–Crippen MR) is 297 cm³/mol. The van der Waals surface area contributed by atoms with Gasteiger partial charge in [-0.1, -0.05) is 259 Å². The Kier molecular flexibility index (Phi) is 55.4. The molecule has 0 radical (unpaired) electrons. The number of rotatable bonds is 52. The molecule has 0 aliphatic carbocycles. The van der Waals surface area contributed by atoms with Gasteiger partial charge in [0, 0.05) is 19.4 Å². The summed E-state index contributed by atoms with van der Waals surface area (Å²) in [5.41, 5.74) is 0. The molecular formula is C63H108O5. The van der Waals surface area contributed by atoms with E-state index in [0.29, 0.717) is 25.9 Å². The summed E-state index contributed by atoms with van der Waals surface area (Å²) in [6.45, 7) is 7.62. The molecule has 0 rings (SSSR count). The zero-order valence-electron chi connectivity index (χ0n) is 44.8. The second-order valence-electron chi connectivity index (χ2n) is 18.8. The van der Waals surface area contributed by atoms with Crippen LogP contribution in [0.2, 0.25) is 0 Å². The highest BCUT2D eigenvalue weighted by Crippen LogP contribution is 2.15. The van der Waals surface area contributed by atoms with E-state index in [1.54, 1.807) is 0 Å². The molecule has 390 valence electrons. The van der Waals surface area contributed by atoms with E-state index in [9.17, 15) is 9.59 Å². The van der Waals surface area contributed by atoms with E-state index in [-0.39, 0.29) is 25.2 Å². The van der Waals surface area contributed by atoms with Gasteiger partial charge in [-0.2, -0.15) is 0 Å². The number of esters is 2. The molecule has 5 nitrogen and oxygen atoms in total. The van der Waals surface area contributed by atoms with Gasteiger partial charge in [0.25, 0.3) is 0 Å². The molecule has 0 aromatic rings. The average molecular weight is 946 g/mol. The molecule has 0 aromatic carbocycles. The van der Waals surface area contributed by atoms with Crippen molar-refractivity contribution in [1.82, 2.24) is 0 Å². The molecule has 0 aliphatic heterocycles. The third-order valence-electron chi connectivity index (χ3n) is 12.1. The summed E-state index contributed by atoms with van der Waals surface area (Å²) in [6.07, 6.45) is 78.7. The highest BCUT2D eigenvalue weighted by molar-refractivity contribution is 5.70. The van der Waals surface area contributed by atoms with E-state index < -0.39 is 6.10 Å². The van der Waals surface area contributed by atoms with E-state index in [2.05, 4.69) is 112 Å².